The minimum atomic E-state index is 0.198. The highest BCUT2D eigenvalue weighted by molar-refractivity contribution is 7.99. The molecule has 2 heterocycles. The fraction of sp³-hybridized carbons (Fsp3) is 0.438. The van der Waals surface area contributed by atoms with Crippen molar-refractivity contribution in [3.8, 4) is 0 Å². The van der Waals surface area contributed by atoms with E-state index < -0.39 is 0 Å². The quantitative estimate of drug-likeness (QED) is 0.811. The van der Waals surface area contributed by atoms with Crippen molar-refractivity contribution >= 4 is 23.4 Å². The summed E-state index contributed by atoms with van der Waals surface area (Å²) in [5.74, 6) is 2.30. The average Bonchev–Trinajstić information content (AvgIpc) is 3.10. The predicted molar refractivity (Wildman–Crippen MR) is 91.4 cm³/mol. The van der Waals surface area contributed by atoms with Gasteiger partial charge in [0.15, 0.2) is 5.16 Å². The number of para-hydroxylation sites is 1. The van der Waals surface area contributed by atoms with Crippen LogP contribution in [0.25, 0.3) is 0 Å². The van der Waals surface area contributed by atoms with Gasteiger partial charge in [0, 0.05) is 37.9 Å². The van der Waals surface area contributed by atoms with Crippen LogP contribution in [0.4, 0.5) is 5.69 Å². The molecule has 0 saturated carbocycles. The Hall–Kier alpha value is -1.86. The van der Waals surface area contributed by atoms with Crippen molar-refractivity contribution in [2.24, 2.45) is 18.7 Å². The summed E-state index contributed by atoms with van der Waals surface area (Å²) in [6.07, 6.45) is 1.32. The molecule has 1 atom stereocenters. The van der Waals surface area contributed by atoms with Crippen molar-refractivity contribution in [3.63, 3.8) is 0 Å². The van der Waals surface area contributed by atoms with Gasteiger partial charge >= 0.3 is 0 Å². The number of benzene rings is 1. The second-order valence-electron chi connectivity index (χ2n) is 5.72. The topological polar surface area (TPSA) is 77.0 Å². The number of anilines is 1. The third-order valence-corrected chi connectivity index (χ3v) is 5.27. The van der Waals surface area contributed by atoms with Gasteiger partial charge in [-0.15, -0.1) is 10.2 Å². The minimum absolute atomic E-state index is 0.198. The lowest BCUT2D eigenvalue weighted by Gasteiger charge is -2.16. The Kier molecular flexibility index (Phi) is 4.97. The molecule has 122 valence electrons. The number of hydrogen-bond donors (Lipinski definition) is 1. The molecule has 2 aromatic rings. The maximum atomic E-state index is 12.2. The van der Waals surface area contributed by atoms with Crippen LogP contribution < -0.4 is 10.6 Å². The highest BCUT2D eigenvalue weighted by Crippen LogP contribution is 2.29. The van der Waals surface area contributed by atoms with Crippen LogP contribution >= 0.6 is 11.8 Å². The summed E-state index contributed by atoms with van der Waals surface area (Å²) in [4.78, 5) is 14.1. The van der Waals surface area contributed by atoms with Crippen LogP contribution in [0.1, 0.15) is 12.2 Å². The average molecular weight is 331 g/mol. The Bertz CT molecular complexity index is 672. The highest BCUT2D eigenvalue weighted by Gasteiger charge is 2.30. The molecule has 0 spiro atoms. The number of aromatic nitrogens is 3. The van der Waals surface area contributed by atoms with E-state index >= 15 is 0 Å². The van der Waals surface area contributed by atoms with Crippen molar-refractivity contribution in [2.75, 3.05) is 23.7 Å². The second kappa shape index (κ2) is 7.14. The van der Waals surface area contributed by atoms with Gasteiger partial charge in [0.1, 0.15) is 5.82 Å². The molecule has 1 fully saturated rings. The number of rotatable bonds is 6. The molecular weight excluding hydrogens is 310 g/mol. The van der Waals surface area contributed by atoms with Crippen LogP contribution in [0.5, 0.6) is 0 Å². The largest absolute Gasteiger partial charge is 0.330 e. The second-order valence-corrected chi connectivity index (χ2v) is 6.70. The van der Waals surface area contributed by atoms with E-state index in [9.17, 15) is 4.79 Å². The predicted octanol–water partition coefficient (Wildman–Crippen LogP) is 1.46. The van der Waals surface area contributed by atoms with Crippen molar-refractivity contribution in [3.05, 3.63) is 36.2 Å². The van der Waals surface area contributed by atoms with Crippen molar-refractivity contribution < 1.29 is 4.79 Å². The Balaban J connectivity index is 1.59. The van der Waals surface area contributed by atoms with Gasteiger partial charge in [-0.25, -0.2) is 0 Å². The number of amides is 1. The molecule has 3 rings (SSSR count). The first-order valence-electron chi connectivity index (χ1n) is 7.75. The maximum absolute atomic E-state index is 12.2. The Morgan fingerprint density at radius 3 is 2.83 bits per heavy atom. The summed E-state index contributed by atoms with van der Waals surface area (Å²) in [6, 6.07) is 9.85. The van der Waals surface area contributed by atoms with Crippen LogP contribution in [0.3, 0.4) is 0 Å². The van der Waals surface area contributed by atoms with Crippen molar-refractivity contribution in [1.82, 2.24) is 14.8 Å². The van der Waals surface area contributed by atoms with Crippen LogP contribution in [0.15, 0.2) is 35.5 Å². The molecule has 2 N–H and O–H groups in total. The fourth-order valence-electron chi connectivity index (χ4n) is 2.76. The summed E-state index contributed by atoms with van der Waals surface area (Å²) in [7, 11) is 1.96. The maximum Gasteiger partial charge on any atom is 0.227 e. The van der Waals surface area contributed by atoms with E-state index in [1.807, 2.05) is 46.8 Å². The fourth-order valence-corrected chi connectivity index (χ4v) is 3.77. The lowest BCUT2D eigenvalue weighted by molar-refractivity contribution is -0.117. The summed E-state index contributed by atoms with van der Waals surface area (Å²) in [6.45, 7) is 1.34. The number of nitrogens with zero attached hydrogens (tertiary/aromatic N) is 4. The third kappa shape index (κ3) is 3.56. The van der Waals surface area contributed by atoms with Gasteiger partial charge in [-0.05, 0) is 24.6 Å². The molecule has 0 bridgehead atoms. The molecule has 1 aromatic carbocycles. The smallest absolute Gasteiger partial charge is 0.227 e. The Labute approximate surface area is 140 Å². The zero-order valence-corrected chi connectivity index (χ0v) is 14.0. The SMILES string of the molecule is Cn1c(CCN)nnc1SC[C@@H]1CC(=O)N(c2ccccc2)C1. The molecule has 23 heavy (non-hydrogen) atoms. The molecule has 0 aliphatic carbocycles. The number of thioether (sulfide) groups is 1. The van der Waals surface area contributed by atoms with E-state index in [1.165, 1.54) is 0 Å². The summed E-state index contributed by atoms with van der Waals surface area (Å²) < 4.78 is 1.99. The van der Waals surface area contributed by atoms with E-state index in [0.717, 1.165) is 35.4 Å². The molecule has 0 unspecified atom stereocenters. The van der Waals surface area contributed by atoms with Gasteiger partial charge in [0.25, 0.3) is 0 Å². The first kappa shape index (κ1) is 16.0. The summed E-state index contributed by atoms with van der Waals surface area (Å²) in [5, 5.41) is 9.26. The van der Waals surface area contributed by atoms with Gasteiger partial charge < -0.3 is 15.2 Å². The molecule has 6 nitrogen and oxygen atoms in total. The lowest BCUT2D eigenvalue weighted by Crippen LogP contribution is -2.24. The molecule has 1 aliphatic heterocycles. The minimum Gasteiger partial charge on any atom is -0.330 e. The Morgan fingerprint density at radius 2 is 2.09 bits per heavy atom. The van der Waals surface area contributed by atoms with E-state index in [4.69, 9.17) is 5.73 Å². The zero-order valence-electron chi connectivity index (χ0n) is 13.2. The summed E-state index contributed by atoms with van der Waals surface area (Å²) in [5.41, 5.74) is 6.55. The number of hydrogen-bond acceptors (Lipinski definition) is 5. The molecule has 0 radical (unpaired) electrons. The normalized spacial score (nSPS) is 17.9. The van der Waals surface area contributed by atoms with Gasteiger partial charge in [0.2, 0.25) is 5.91 Å². The van der Waals surface area contributed by atoms with E-state index in [2.05, 4.69) is 10.2 Å². The van der Waals surface area contributed by atoms with Gasteiger partial charge in [-0.3, -0.25) is 4.79 Å². The van der Waals surface area contributed by atoms with E-state index in [1.54, 1.807) is 11.8 Å². The third-order valence-electron chi connectivity index (χ3n) is 4.01. The first-order valence-corrected chi connectivity index (χ1v) is 8.74. The van der Waals surface area contributed by atoms with Crippen molar-refractivity contribution in [2.45, 2.75) is 18.0 Å². The molecule has 7 heteroatoms. The van der Waals surface area contributed by atoms with Crippen LogP contribution in [0, 0.1) is 5.92 Å². The monoisotopic (exact) mass is 331 g/mol. The molecule has 1 aliphatic rings. The van der Waals surface area contributed by atoms with E-state index in [-0.39, 0.29) is 5.91 Å². The first-order chi connectivity index (χ1) is 11.2. The van der Waals surface area contributed by atoms with Crippen LogP contribution in [-0.2, 0) is 18.3 Å². The van der Waals surface area contributed by atoms with Gasteiger partial charge in [-0.1, -0.05) is 30.0 Å². The molecule has 1 amide bonds. The highest BCUT2D eigenvalue weighted by atomic mass is 32.2. The molecule has 1 aromatic heterocycles. The zero-order chi connectivity index (χ0) is 16.2. The molecular formula is C16H21N5OS. The van der Waals surface area contributed by atoms with Crippen LogP contribution in [0.2, 0.25) is 0 Å². The standard InChI is InChI=1S/C16H21N5OS/c1-20-14(7-8-17)18-19-16(20)23-11-12-9-15(22)21(10-12)13-5-3-2-4-6-13/h2-6,12H,7-11,17H2,1H3/t12-/m1/s1. The van der Waals surface area contributed by atoms with Gasteiger partial charge in [-0.2, -0.15) is 0 Å². The van der Waals surface area contributed by atoms with Crippen LogP contribution in [-0.4, -0.2) is 39.5 Å². The molecule has 1 saturated heterocycles. The number of carbonyl (C=O) groups is 1. The number of carbonyl (C=O) groups excluding carboxylic acids is 1. The lowest BCUT2D eigenvalue weighted by atomic mass is 10.1. The Morgan fingerprint density at radius 1 is 1.30 bits per heavy atom. The van der Waals surface area contributed by atoms with Crippen molar-refractivity contribution in [1.29, 1.82) is 0 Å². The van der Waals surface area contributed by atoms with Gasteiger partial charge in [0.05, 0.1) is 0 Å². The van der Waals surface area contributed by atoms with E-state index in [0.29, 0.717) is 18.9 Å². The number of nitrogens with two attached hydrogens (primary N) is 1. The summed E-state index contributed by atoms with van der Waals surface area (Å²) >= 11 is 1.66.